The van der Waals surface area contributed by atoms with E-state index in [1.165, 1.54) is 10.4 Å². The summed E-state index contributed by atoms with van der Waals surface area (Å²) < 4.78 is 66.7. The maximum absolute atomic E-state index is 12.6. The number of hydrogen-bond acceptors (Lipinski definition) is 4. The van der Waals surface area contributed by atoms with Crippen molar-refractivity contribution in [3.63, 3.8) is 0 Å². The molecule has 2 aliphatic heterocycles. The van der Waals surface area contributed by atoms with Crippen LogP contribution in [0.2, 0.25) is 0 Å². The molecule has 0 aromatic carbocycles. The fourth-order valence-corrected chi connectivity index (χ4v) is 4.74. The van der Waals surface area contributed by atoms with Gasteiger partial charge in [-0.2, -0.15) is 30.6 Å². The first kappa shape index (κ1) is 18.4. The lowest BCUT2D eigenvalue weighted by Gasteiger charge is -2.34. The van der Waals surface area contributed by atoms with Crippen LogP contribution in [0.3, 0.4) is 0 Å². The van der Waals surface area contributed by atoms with Crippen molar-refractivity contribution in [2.45, 2.75) is 37.9 Å². The number of nitrogens with one attached hydrogen (secondary N) is 1. The van der Waals surface area contributed by atoms with Crippen molar-refractivity contribution < 1.29 is 21.6 Å². The Morgan fingerprint density at radius 3 is 2.44 bits per heavy atom. The van der Waals surface area contributed by atoms with Gasteiger partial charge in [0.25, 0.3) is 10.2 Å². The SMILES string of the molecule is O=S(=O)(N[C@H]1CCCN(c2ccc(C(F)(F)F)cn2)C1)N1CCCC1. The number of piperidine rings is 1. The van der Waals surface area contributed by atoms with Gasteiger partial charge in [-0.3, -0.25) is 0 Å². The van der Waals surface area contributed by atoms with Gasteiger partial charge in [-0.1, -0.05) is 0 Å². The molecule has 2 aliphatic rings. The van der Waals surface area contributed by atoms with Crippen LogP contribution in [-0.4, -0.2) is 49.9 Å². The Hall–Kier alpha value is -1.39. The second-order valence-electron chi connectivity index (χ2n) is 6.42. The molecule has 0 amide bonds. The fourth-order valence-electron chi connectivity index (χ4n) is 3.24. The Labute approximate surface area is 145 Å². The molecule has 0 aliphatic carbocycles. The van der Waals surface area contributed by atoms with Crippen LogP contribution in [-0.2, 0) is 16.4 Å². The average Bonchev–Trinajstić information content (AvgIpc) is 3.09. The summed E-state index contributed by atoms with van der Waals surface area (Å²) in [7, 11) is -3.50. The molecule has 2 saturated heterocycles. The molecule has 25 heavy (non-hydrogen) atoms. The van der Waals surface area contributed by atoms with E-state index in [-0.39, 0.29) is 6.04 Å². The first-order valence-electron chi connectivity index (χ1n) is 8.31. The van der Waals surface area contributed by atoms with Crippen LogP contribution in [0.5, 0.6) is 0 Å². The standard InChI is InChI=1S/C15H21F3N4O2S/c16-15(17,18)12-5-6-14(19-10-12)21-7-3-4-13(11-21)20-25(23,24)22-8-1-2-9-22/h5-6,10,13,20H,1-4,7-9,11H2/t13-/m0/s1. The van der Waals surface area contributed by atoms with Crippen molar-refractivity contribution in [3.8, 4) is 0 Å². The van der Waals surface area contributed by atoms with Crippen LogP contribution in [0, 0.1) is 0 Å². The molecule has 10 heteroatoms. The summed E-state index contributed by atoms with van der Waals surface area (Å²) in [6.45, 7) is 2.10. The molecule has 0 spiro atoms. The number of pyridine rings is 1. The van der Waals surface area contributed by atoms with Gasteiger partial charge in [-0.05, 0) is 37.8 Å². The topological polar surface area (TPSA) is 65.5 Å². The highest BCUT2D eigenvalue weighted by atomic mass is 32.2. The third-order valence-corrected chi connectivity index (χ3v) is 6.22. The van der Waals surface area contributed by atoms with Crippen molar-refractivity contribution in [1.82, 2.24) is 14.0 Å². The zero-order chi connectivity index (χ0) is 18.1. The Morgan fingerprint density at radius 1 is 1.12 bits per heavy atom. The van der Waals surface area contributed by atoms with Crippen molar-refractivity contribution in [2.75, 3.05) is 31.1 Å². The zero-order valence-corrected chi connectivity index (χ0v) is 14.5. The Kier molecular flexibility index (Phi) is 5.21. The predicted octanol–water partition coefficient (Wildman–Crippen LogP) is 2.00. The summed E-state index contributed by atoms with van der Waals surface area (Å²) in [5.41, 5.74) is -0.792. The van der Waals surface area contributed by atoms with Gasteiger partial charge < -0.3 is 4.90 Å². The van der Waals surface area contributed by atoms with Crippen molar-refractivity contribution >= 4 is 16.0 Å². The van der Waals surface area contributed by atoms with Crippen LogP contribution < -0.4 is 9.62 Å². The molecular formula is C15H21F3N4O2S. The number of hydrogen-bond donors (Lipinski definition) is 1. The molecule has 1 atom stereocenters. The van der Waals surface area contributed by atoms with Gasteiger partial charge in [-0.25, -0.2) is 4.98 Å². The molecule has 2 fully saturated rings. The lowest BCUT2D eigenvalue weighted by Crippen LogP contribution is -2.51. The molecule has 6 nitrogen and oxygen atoms in total. The number of rotatable bonds is 4. The monoisotopic (exact) mass is 378 g/mol. The second kappa shape index (κ2) is 7.08. The van der Waals surface area contributed by atoms with Crippen LogP contribution in [0.15, 0.2) is 18.3 Å². The summed E-state index contributed by atoms with van der Waals surface area (Å²) in [5.74, 6) is 0.429. The van der Waals surface area contributed by atoms with E-state index in [1.54, 1.807) is 0 Å². The van der Waals surface area contributed by atoms with Crippen LogP contribution >= 0.6 is 0 Å². The van der Waals surface area contributed by atoms with E-state index in [1.807, 2.05) is 4.90 Å². The number of aromatic nitrogens is 1. The molecular weight excluding hydrogens is 357 g/mol. The number of nitrogens with zero attached hydrogens (tertiary/aromatic N) is 3. The van der Waals surface area contributed by atoms with Gasteiger partial charge in [0.05, 0.1) is 5.56 Å². The summed E-state index contributed by atoms with van der Waals surface area (Å²) >= 11 is 0. The molecule has 1 N–H and O–H groups in total. The maximum atomic E-state index is 12.6. The van der Waals surface area contributed by atoms with Crippen molar-refractivity contribution in [3.05, 3.63) is 23.9 Å². The van der Waals surface area contributed by atoms with Crippen LogP contribution in [0.1, 0.15) is 31.2 Å². The first-order valence-corrected chi connectivity index (χ1v) is 9.75. The molecule has 140 valence electrons. The third kappa shape index (κ3) is 4.42. The molecule has 1 aromatic heterocycles. The molecule has 1 aromatic rings. The minimum atomic E-state index is -4.42. The summed E-state index contributed by atoms with van der Waals surface area (Å²) in [4.78, 5) is 5.72. The number of anilines is 1. The van der Waals surface area contributed by atoms with Gasteiger partial charge in [0.2, 0.25) is 0 Å². The highest BCUT2D eigenvalue weighted by molar-refractivity contribution is 7.87. The summed E-state index contributed by atoms with van der Waals surface area (Å²) in [5, 5.41) is 0. The lowest BCUT2D eigenvalue weighted by molar-refractivity contribution is -0.137. The quantitative estimate of drug-likeness (QED) is 0.870. The highest BCUT2D eigenvalue weighted by Crippen LogP contribution is 2.29. The lowest BCUT2D eigenvalue weighted by atomic mass is 10.1. The van der Waals surface area contributed by atoms with Crippen LogP contribution in [0.4, 0.5) is 19.0 Å². The van der Waals surface area contributed by atoms with Gasteiger partial charge in [-0.15, -0.1) is 0 Å². The molecule has 0 unspecified atom stereocenters. The van der Waals surface area contributed by atoms with E-state index in [2.05, 4.69) is 9.71 Å². The number of halogens is 3. The van der Waals surface area contributed by atoms with Gasteiger partial charge >= 0.3 is 6.18 Å². The van der Waals surface area contributed by atoms with Crippen LogP contribution in [0.25, 0.3) is 0 Å². The van der Waals surface area contributed by atoms with E-state index < -0.39 is 21.9 Å². The minimum absolute atomic E-state index is 0.275. The highest BCUT2D eigenvalue weighted by Gasteiger charge is 2.32. The van der Waals surface area contributed by atoms with E-state index in [9.17, 15) is 21.6 Å². The van der Waals surface area contributed by atoms with E-state index in [0.29, 0.717) is 38.4 Å². The molecule has 3 rings (SSSR count). The Balaban J connectivity index is 1.65. The molecule has 3 heterocycles. The van der Waals surface area contributed by atoms with E-state index >= 15 is 0 Å². The molecule has 0 bridgehead atoms. The Morgan fingerprint density at radius 2 is 1.84 bits per heavy atom. The van der Waals surface area contributed by atoms with Gasteiger partial charge in [0.1, 0.15) is 5.82 Å². The first-order chi connectivity index (χ1) is 11.8. The maximum Gasteiger partial charge on any atom is 0.417 e. The van der Waals surface area contributed by atoms with E-state index in [0.717, 1.165) is 31.5 Å². The molecule has 0 saturated carbocycles. The van der Waals surface area contributed by atoms with Gasteiger partial charge in [0, 0.05) is 38.4 Å². The average molecular weight is 378 g/mol. The normalized spacial score (nSPS) is 23.2. The minimum Gasteiger partial charge on any atom is -0.355 e. The zero-order valence-electron chi connectivity index (χ0n) is 13.7. The smallest absolute Gasteiger partial charge is 0.355 e. The molecule has 0 radical (unpaired) electrons. The number of alkyl halides is 3. The van der Waals surface area contributed by atoms with E-state index in [4.69, 9.17) is 0 Å². The van der Waals surface area contributed by atoms with Crippen molar-refractivity contribution in [1.29, 1.82) is 0 Å². The predicted molar refractivity (Wildman–Crippen MR) is 87.3 cm³/mol. The third-order valence-electron chi connectivity index (χ3n) is 4.54. The Bertz CT molecular complexity index is 688. The van der Waals surface area contributed by atoms with Crippen molar-refractivity contribution in [2.24, 2.45) is 0 Å². The largest absolute Gasteiger partial charge is 0.417 e. The summed E-state index contributed by atoms with van der Waals surface area (Å²) in [6.07, 6.45) is -0.422. The van der Waals surface area contributed by atoms with Gasteiger partial charge in [0.15, 0.2) is 0 Å². The fraction of sp³-hybridized carbons (Fsp3) is 0.667. The second-order valence-corrected chi connectivity index (χ2v) is 8.12. The summed E-state index contributed by atoms with van der Waals surface area (Å²) in [6, 6.07) is 2.06.